The van der Waals surface area contributed by atoms with Crippen molar-refractivity contribution in [1.82, 2.24) is 15.6 Å². The molecule has 1 aromatic heterocycles. The van der Waals surface area contributed by atoms with Crippen molar-refractivity contribution in [2.75, 3.05) is 31.6 Å². The average Bonchev–Trinajstić information content (AvgIpc) is 3.43. The Hall–Kier alpha value is -2.76. The van der Waals surface area contributed by atoms with E-state index in [1.807, 2.05) is 4.90 Å². The molecule has 6 nitrogen and oxygen atoms in total. The van der Waals surface area contributed by atoms with Gasteiger partial charge in [-0.15, -0.1) is 24.0 Å². The van der Waals surface area contributed by atoms with Crippen LogP contribution in [0.5, 0.6) is 0 Å². The number of guanidine groups is 1. The van der Waals surface area contributed by atoms with Crippen LogP contribution >= 0.6 is 24.0 Å². The Morgan fingerprint density at radius 1 is 1.15 bits per heavy atom. The summed E-state index contributed by atoms with van der Waals surface area (Å²) in [7, 11) is 1.68. The summed E-state index contributed by atoms with van der Waals surface area (Å²) in [6.45, 7) is 1.84. The summed E-state index contributed by atoms with van der Waals surface area (Å²) in [5.41, 5.74) is 1.89. The van der Waals surface area contributed by atoms with E-state index in [1.165, 1.54) is 24.3 Å². The summed E-state index contributed by atoms with van der Waals surface area (Å²) >= 11 is 0. The van der Waals surface area contributed by atoms with Gasteiger partial charge in [0.25, 0.3) is 0 Å². The highest BCUT2D eigenvalue weighted by atomic mass is 127. The lowest BCUT2D eigenvalue weighted by Crippen LogP contribution is -2.45. The lowest BCUT2D eigenvalue weighted by molar-refractivity contribution is 0.571. The Balaban J connectivity index is 0.00000306. The molecular formula is C23H25F3IN5O. The molecule has 0 saturated carbocycles. The number of aliphatic imine (C=N–C) groups is 1. The fourth-order valence-electron chi connectivity index (χ4n) is 3.68. The summed E-state index contributed by atoms with van der Waals surface area (Å²) < 4.78 is 45.7. The standard InChI is InChI=1S/C23H24F3N5O.HI/c1-27-23(30-18-9-11-31(13-18)21-7-6-17(25)12-20(21)26)28-10-8-19-14-32-22(29-19)15-2-4-16(24)5-3-15;/h2-7,12,14,18H,8-11,13H2,1H3,(H2,27,28,30);1H. The van der Waals surface area contributed by atoms with Gasteiger partial charge in [0.05, 0.1) is 11.4 Å². The number of halogens is 4. The molecule has 0 aliphatic carbocycles. The monoisotopic (exact) mass is 571 g/mol. The number of hydrogen-bond donors (Lipinski definition) is 2. The van der Waals surface area contributed by atoms with Gasteiger partial charge in [-0.3, -0.25) is 4.99 Å². The molecule has 1 atom stereocenters. The van der Waals surface area contributed by atoms with Gasteiger partial charge in [-0.2, -0.15) is 0 Å². The van der Waals surface area contributed by atoms with Crippen LogP contribution < -0.4 is 15.5 Å². The fraction of sp³-hybridized carbons (Fsp3) is 0.304. The lowest BCUT2D eigenvalue weighted by Gasteiger charge is -2.21. The van der Waals surface area contributed by atoms with Crippen LogP contribution in [-0.2, 0) is 6.42 Å². The van der Waals surface area contributed by atoms with E-state index in [0.717, 1.165) is 18.2 Å². The largest absolute Gasteiger partial charge is 0.444 e. The molecule has 0 amide bonds. The van der Waals surface area contributed by atoms with Gasteiger partial charge >= 0.3 is 0 Å². The molecule has 0 spiro atoms. The van der Waals surface area contributed by atoms with Crippen LogP contribution in [0.25, 0.3) is 11.5 Å². The smallest absolute Gasteiger partial charge is 0.226 e. The summed E-state index contributed by atoms with van der Waals surface area (Å²) in [6.07, 6.45) is 3.01. The lowest BCUT2D eigenvalue weighted by atomic mass is 10.2. The third-order valence-corrected chi connectivity index (χ3v) is 5.32. The average molecular weight is 571 g/mol. The zero-order valence-electron chi connectivity index (χ0n) is 18.0. The van der Waals surface area contributed by atoms with Crippen molar-refractivity contribution < 1.29 is 17.6 Å². The Morgan fingerprint density at radius 2 is 1.91 bits per heavy atom. The fourth-order valence-corrected chi connectivity index (χ4v) is 3.68. The maximum Gasteiger partial charge on any atom is 0.226 e. The Labute approximate surface area is 207 Å². The number of rotatable bonds is 6. The van der Waals surface area contributed by atoms with Crippen LogP contribution in [0.4, 0.5) is 18.9 Å². The minimum absolute atomic E-state index is 0. The maximum atomic E-state index is 14.0. The molecule has 33 heavy (non-hydrogen) atoms. The first kappa shape index (κ1) is 24.9. The first-order chi connectivity index (χ1) is 15.5. The number of nitrogens with one attached hydrogen (secondary N) is 2. The molecule has 4 rings (SSSR count). The van der Waals surface area contributed by atoms with Crippen LogP contribution in [0.15, 0.2) is 58.1 Å². The van der Waals surface area contributed by atoms with Gasteiger partial charge in [-0.1, -0.05) is 0 Å². The molecule has 1 saturated heterocycles. The number of benzene rings is 2. The van der Waals surface area contributed by atoms with Crippen LogP contribution in [0, 0.1) is 17.5 Å². The number of hydrogen-bond acceptors (Lipinski definition) is 4. The van der Waals surface area contributed by atoms with Crippen molar-refractivity contribution >= 4 is 35.6 Å². The number of anilines is 1. The van der Waals surface area contributed by atoms with E-state index in [0.29, 0.717) is 49.2 Å². The normalized spacial score (nSPS) is 15.9. The van der Waals surface area contributed by atoms with Gasteiger partial charge in [-0.05, 0) is 42.8 Å². The summed E-state index contributed by atoms with van der Waals surface area (Å²) in [5, 5.41) is 6.58. The van der Waals surface area contributed by atoms with Crippen molar-refractivity contribution in [3.05, 3.63) is 71.9 Å². The van der Waals surface area contributed by atoms with Crippen molar-refractivity contribution in [3.63, 3.8) is 0 Å². The Kier molecular flexibility index (Phi) is 8.59. The molecule has 10 heteroatoms. The molecule has 2 N–H and O–H groups in total. The molecule has 1 fully saturated rings. The van der Waals surface area contributed by atoms with E-state index in [2.05, 4.69) is 20.6 Å². The minimum atomic E-state index is -0.582. The first-order valence-electron chi connectivity index (χ1n) is 10.4. The van der Waals surface area contributed by atoms with Gasteiger partial charge in [0, 0.05) is 50.8 Å². The molecule has 1 unspecified atom stereocenters. The zero-order chi connectivity index (χ0) is 22.5. The SMILES string of the molecule is CN=C(NCCc1coc(-c2ccc(F)cc2)n1)NC1CCN(c2ccc(F)cc2F)C1.I. The van der Waals surface area contributed by atoms with E-state index in [1.54, 1.807) is 25.4 Å². The molecule has 0 radical (unpaired) electrons. The van der Waals surface area contributed by atoms with Crippen LogP contribution in [-0.4, -0.2) is 43.7 Å². The van der Waals surface area contributed by atoms with Crippen molar-refractivity contribution in [3.8, 4) is 11.5 Å². The first-order valence-corrected chi connectivity index (χ1v) is 10.4. The highest BCUT2D eigenvalue weighted by molar-refractivity contribution is 14.0. The second-order valence-electron chi connectivity index (χ2n) is 7.57. The quantitative estimate of drug-likeness (QED) is 0.262. The van der Waals surface area contributed by atoms with Gasteiger partial charge in [0.2, 0.25) is 5.89 Å². The molecular weight excluding hydrogens is 546 g/mol. The van der Waals surface area contributed by atoms with E-state index in [-0.39, 0.29) is 35.8 Å². The van der Waals surface area contributed by atoms with Crippen molar-refractivity contribution in [2.45, 2.75) is 18.9 Å². The third-order valence-electron chi connectivity index (χ3n) is 5.32. The van der Waals surface area contributed by atoms with Gasteiger partial charge in [-0.25, -0.2) is 18.2 Å². The second-order valence-corrected chi connectivity index (χ2v) is 7.57. The Morgan fingerprint density at radius 3 is 2.64 bits per heavy atom. The van der Waals surface area contributed by atoms with Gasteiger partial charge in [0.1, 0.15) is 23.7 Å². The predicted octanol–water partition coefficient (Wildman–Crippen LogP) is 4.36. The van der Waals surface area contributed by atoms with Gasteiger partial charge in [0.15, 0.2) is 5.96 Å². The van der Waals surface area contributed by atoms with Crippen LogP contribution in [0.1, 0.15) is 12.1 Å². The highest BCUT2D eigenvalue weighted by Crippen LogP contribution is 2.24. The Bertz CT molecular complexity index is 1090. The summed E-state index contributed by atoms with van der Waals surface area (Å²) in [6, 6.07) is 9.71. The van der Waals surface area contributed by atoms with E-state index >= 15 is 0 Å². The molecule has 176 valence electrons. The molecule has 3 aromatic rings. The molecule has 1 aliphatic rings. The van der Waals surface area contributed by atoms with Crippen LogP contribution in [0.3, 0.4) is 0 Å². The highest BCUT2D eigenvalue weighted by Gasteiger charge is 2.25. The van der Waals surface area contributed by atoms with E-state index in [4.69, 9.17) is 4.42 Å². The molecule has 2 heterocycles. The van der Waals surface area contributed by atoms with Crippen molar-refractivity contribution in [2.24, 2.45) is 4.99 Å². The minimum Gasteiger partial charge on any atom is -0.444 e. The molecule has 2 aromatic carbocycles. The second kappa shape index (κ2) is 11.4. The number of oxazole rings is 1. The predicted molar refractivity (Wildman–Crippen MR) is 132 cm³/mol. The summed E-state index contributed by atoms with van der Waals surface area (Å²) in [4.78, 5) is 10.6. The number of nitrogens with zero attached hydrogens (tertiary/aromatic N) is 3. The van der Waals surface area contributed by atoms with Crippen molar-refractivity contribution in [1.29, 1.82) is 0 Å². The zero-order valence-corrected chi connectivity index (χ0v) is 20.4. The molecule has 0 bridgehead atoms. The maximum absolute atomic E-state index is 14.0. The van der Waals surface area contributed by atoms with E-state index in [9.17, 15) is 13.2 Å². The summed E-state index contributed by atoms with van der Waals surface area (Å²) in [5.74, 6) is -0.362. The molecule has 1 aliphatic heterocycles. The van der Waals surface area contributed by atoms with Crippen LogP contribution in [0.2, 0.25) is 0 Å². The third kappa shape index (κ3) is 6.40. The topological polar surface area (TPSA) is 65.7 Å². The van der Waals surface area contributed by atoms with E-state index < -0.39 is 11.6 Å². The number of aromatic nitrogens is 1. The van der Waals surface area contributed by atoms with Gasteiger partial charge < -0.3 is 20.0 Å².